The number of halogens is 3. The number of aromatic nitrogens is 2. The first-order valence-electron chi connectivity index (χ1n) is 7.90. The van der Waals surface area contributed by atoms with E-state index in [0.29, 0.717) is 5.56 Å². The number of carbonyl (C=O) groups is 1. The number of imidazole rings is 1. The third-order valence-electron chi connectivity index (χ3n) is 4.28. The van der Waals surface area contributed by atoms with Crippen molar-refractivity contribution in [2.45, 2.75) is 30.7 Å². The van der Waals surface area contributed by atoms with Gasteiger partial charge in [-0.2, -0.15) is 13.2 Å². The Morgan fingerprint density at radius 1 is 1.31 bits per heavy atom. The van der Waals surface area contributed by atoms with Crippen molar-refractivity contribution in [1.29, 1.82) is 0 Å². The number of hydrogen-bond acceptors (Lipinski definition) is 4. The Morgan fingerprint density at radius 3 is 2.42 bits per heavy atom. The molecule has 0 fully saturated rings. The highest BCUT2D eigenvalue weighted by molar-refractivity contribution is 5.86. The van der Waals surface area contributed by atoms with Crippen LogP contribution in [0.1, 0.15) is 24.7 Å². The van der Waals surface area contributed by atoms with Crippen LogP contribution in [0.15, 0.2) is 42.7 Å². The summed E-state index contributed by atoms with van der Waals surface area (Å²) in [5.41, 5.74) is 1.94. The van der Waals surface area contributed by atoms with E-state index in [-0.39, 0.29) is 0 Å². The zero-order chi connectivity index (χ0) is 19.6. The highest BCUT2D eigenvalue weighted by Gasteiger charge is 2.57. The first-order chi connectivity index (χ1) is 12.0. The Bertz CT molecular complexity index is 759. The van der Waals surface area contributed by atoms with Crippen molar-refractivity contribution in [3.63, 3.8) is 0 Å². The largest absolute Gasteiger partial charge is 0.424 e. The van der Waals surface area contributed by atoms with Crippen LogP contribution in [0.4, 0.5) is 13.2 Å². The number of amides is 1. The highest BCUT2D eigenvalue weighted by Crippen LogP contribution is 2.40. The summed E-state index contributed by atoms with van der Waals surface area (Å²) in [6.07, 6.45) is -3.28. The Hall–Kier alpha value is -2.39. The standard InChI is InChI=1S/C17H21F3N4O2/c1-15(21,12-6-4-3-5-7-12)14(25)23-9-8-16(26,17(18,19)20)13-22-10-11-24(13)2/h3-7,10-11,26H,8-9,21H2,1-2H3,(H,23,25). The Balaban J connectivity index is 2.11. The molecule has 2 aromatic rings. The van der Waals surface area contributed by atoms with Gasteiger partial charge in [0.1, 0.15) is 11.4 Å². The first kappa shape index (κ1) is 19.9. The molecular weight excluding hydrogens is 349 g/mol. The lowest BCUT2D eigenvalue weighted by Crippen LogP contribution is -2.51. The van der Waals surface area contributed by atoms with Crippen LogP contribution < -0.4 is 11.1 Å². The second-order valence-corrected chi connectivity index (χ2v) is 6.29. The van der Waals surface area contributed by atoms with E-state index in [4.69, 9.17) is 5.73 Å². The van der Waals surface area contributed by atoms with E-state index in [0.717, 1.165) is 10.8 Å². The van der Waals surface area contributed by atoms with Gasteiger partial charge < -0.3 is 20.7 Å². The number of benzene rings is 1. The number of nitrogens with one attached hydrogen (secondary N) is 1. The van der Waals surface area contributed by atoms with Gasteiger partial charge in [-0.05, 0) is 12.5 Å². The van der Waals surface area contributed by atoms with Crippen LogP contribution in [0.25, 0.3) is 0 Å². The molecular formula is C17H21F3N4O2. The maximum Gasteiger partial charge on any atom is 0.424 e. The number of nitrogens with zero attached hydrogens (tertiary/aromatic N) is 2. The average molecular weight is 370 g/mol. The summed E-state index contributed by atoms with van der Waals surface area (Å²) in [5.74, 6) is -1.19. The summed E-state index contributed by atoms with van der Waals surface area (Å²) in [5, 5.41) is 12.6. The molecule has 1 heterocycles. The number of aliphatic hydroxyl groups is 1. The monoisotopic (exact) mass is 370 g/mol. The molecule has 0 spiro atoms. The molecule has 1 aromatic carbocycles. The van der Waals surface area contributed by atoms with Gasteiger partial charge in [0.25, 0.3) is 0 Å². The summed E-state index contributed by atoms with van der Waals surface area (Å²) in [7, 11) is 1.35. The molecule has 1 aromatic heterocycles. The fraction of sp³-hybridized carbons (Fsp3) is 0.412. The molecule has 6 nitrogen and oxygen atoms in total. The Kier molecular flexibility index (Phi) is 5.43. The zero-order valence-corrected chi connectivity index (χ0v) is 14.4. The second-order valence-electron chi connectivity index (χ2n) is 6.29. The van der Waals surface area contributed by atoms with Crippen molar-refractivity contribution in [3.8, 4) is 0 Å². The van der Waals surface area contributed by atoms with Crippen LogP contribution in [-0.2, 0) is 23.0 Å². The maximum atomic E-state index is 13.4. The van der Waals surface area contributed by atoms with Crippen LogP contribution in [0.3, 0.4) is 0 Å². The van der Waals surface area contributed by atoms with Crippen molar-refractivity contribution >= 4 is 5.91 Å². The SMILES string of the molecule is Cn1ccnc1C(O)(CCNC(=O)C(C)(N)c1ccccc1)C(F)(F)F. The molecule has 0 saturated heterocycles. The molecule has 2 atom stereocenters. The van der Waals surface area contributed by atoms with Crippen molar-refractivity contribution in [2.24, 2.45) is 12.8 Å². The number of hydrogen-bond donors (Lipinski definition) is 3. The molecule has 0 radical (unpaired) electrons. The number of nitrogens with two attached hydrogens (primary N) is 1. The van der Waals surface area contributed by atoms with Gasteiger partial charge in [-0.25, -0.2) is 4.98 Å². The molecule has 2 unspecified atom stereocenters. The maximum absolute atomic E-state index is 13.4. The minimum absolute atomic E-state index is 0.429. The van der Waals surface area contributed by atoms with Gasteiger partial charge in [0.05, 0.1) is 0 Å². The van der Waals surface area contributed by atoms with E-state index in [2.05, 4.69) is 10.3 Å². The molecule has 2 rings (SSSR count). The van der Waals surface area contributed by atoms with Crippen LogP contribution in [0, 0.1) is 0 Å². The van der Waals surface area contributed by atoms with E-state index in [9.17, 15) is 23.1 Å². The van der Waals surface area contributed by atoms with Crippen molar-refractivity contribution in [3.05, 3.63) is 54.1 Å². The molecule has 0 aliphatic carbocycles. The molecule has 4 N–H and O–H groups in total. The van der Waals surface area contributed by atoms with Crippen LogP contribution in [0.5, 0.6) is 0 Å². The summed E-state index contributed by atoms with van der Waals surface area (Å²) >= 11 is 0. The smallest absolute Gasteiger partial charge is 0.374 e. The minimum atomic E-state index is -4.96. The number of rotatable bonds is 6. The molecule has 142 valence electrons. The van der Waals surface area contributed by atoms with E-state index in [1.54, 1.807) is 30.3 Å². The molecule has 26 heavy (non-hydrogen) atoms. The summed E-state index contributed by atoms with van der Waals surface area (Å²) in [6, 6.07) is 8.47. The van der Waals surface area contributed by atoms with Crippen molar-refractivity contribution in [1.82, 2.24) is 14.9 Å². The predicted molar refractivity (Wildman–Crippen MR) is 88.8 cm³/mol. The fourth-order valence-electron chi connectivity index (χ4n) is 2.60. The zero-order valence-electron chi connectivity index (χ0n) is 14.4. The number of aryl methyl sites for hydroxylation is 1. The average Bonchev–Trinajstić information content (AvgIpc) is 3.00. The quantitative estimate of drug-likeness (QED) is 0.719. The molecule has 0 bridgehead atoms. The van der Waals surface area contributed by atoms with Gasteiger partial charge in [-0.1, -0.05) is 30.3 Å². The lowest BCUT2D eigenvalue weighted by atomic mass is 9.92. The van der Waals surface area contributed by atoms with Crippen LogP contribution in [-0.4, -0.2) is 33.3 Å². The first-order valence-corrected chi connectivity index (χ1v) is 7.90. The Labute approximate surface area is 148 Å². The van der Waals surface area contributed by atoms with Gasteiger partial charge >= 0.3 is 6.18 Å². The summed E-state index contributed by atoms with van der Waals surface area (Å²) < 4.78 is 41.4. The van der Waals surface area contributed by atoms with E-state index < -0.39 is 42.0 Å². The lowest BCUT2D eigenvalue weighted by Gasteiger charge is -2.31. The molecule has 0 saturated carbocycles. The van der Waals surface area contributed by atoms with Gasteiger partial charge in [-0.3, -0.25) is 4.79 Å². The molecule has 0 aliphatic heterocycles. The van der Waals surface area contributed by atoms with Gasteiger partial charge in [0, 0.05) is 32.4 Å². The molecule has 0 aliphatic rings. The van der Waals surface area contributed by atoms with E-state index in [1.807, 2.05) is 0 Å². The normalized spacial score (nSPS) is 16.6. The number of alkyl halides is 3. The number of carbonyl (C=O) groups excluding carboxylic acids is 1. The minimum Gasteiger partial charge on any atom is -0.374 e. The Morgan fingerprint density at radius 2 is 1.92 bits per heavy atom. The van der Waals surface area contributed by atoms with Crippen LogP contribution >= 0.6 is 0 Å². The van der Waals surface area contributed by atoms with Gasteiger partial charge in [0.15, 0.2) is 0 Å². The highest BCUT2D eigenvalue weighted by atomic mass is 19.4. The lowest BCUT2D eigenvalue weighted by molar-refractivity contribution is -0.272. The van der Waals surface area contributed by atoms with E-state index >= 15 is 0 Å². The van der Waals surface area contributed by atoms with Crippen LogP contribution in [0.2, 0.25) is 0 Å². The molecule has 1 amide bonds. The van der Waals surface area contributed by atoms with Crippen molar-refractivity contribution < 1.29 is 23.1 Å². The van der Waals surface area contributed by atoms with E-state index in [1.165, 1.54) is 20.2 Å². The summed E-state index contributed by atoms with van der Waals surface area (Å²) in [6.45, 7) is 1.04. The van der Waals surface area contributed by atoms with Gasteiger partial charge in [0.2, 0.25) is 11.5 Å². The third-order valence-corrected chi connectivity index (χ3v) is 4.28. The summed E-state index contributed by atoms with van der Waals surface area (Å²) in [4.78, 5) is 15.9. The van der Waals surface area contributed by atoms with Crippen molar-refractivity contribution in [2.75, 3.05) is 6.54 Å². The molecule has 9 heteroatoms. The second kappa shape index (κ2) is 7.08. The third kappa shape index (κ3) is 3.73. The topological polar surface area (TPSA) is 93.2 Å². The van der Waals surface area contributed by atoms with Gasteiger partial charge in [-0.15, -0.1) is 0 Å². The fourth-order valence-corrected chi connectivity index (χ4v) is 2.60. The predicted octanol–water partition coefficient (Wildman–Crippen LogP) is 1.55.